The Morgan fingerprint density at radius 3 is 3.15 bits per heavy atom. The van der Waals surface area contributed by atoms with Gasteiger partial charge in [-0.2, -0.15) is 0 Å². The van der Waals surface area contributed by atoms with Crippen molar-refractivity contribution in [1.82, 2.24) is 10.2 Å². The molecule has 2 aliphatic rings. The van der Waals surface area contributed by atoms with Crippen LogP contribution in [-0.2, 0) is 4.74 Å². The smallest absolute Gasteiger partial charge is 0.225 e. The van der Waals surface area contributed by atoms with Crippen LogP contribution in [0.3, 0.4) is 0 Å². The van der Waals surface area contributed by atoms with Gasteiger partial charge in [-0.1, -0.05) is 6.07 Å². The molecule has 0 aromatic heterocycles. The van der Waals surface area contributed by atoms with Gasteiger partial charge in [0.2, 0.25) is 5.69 Å². The number of hydrogen-bond donors (Lipinski definition) is 1. The lowest BCUT2D eigenvalue weighted by molar-refractivity contribution is -0.0719. The lowest BCUT2D eigenvalue weighted by atomic mass is 9.98. The van der Waals surface area contributed by atoms with E-state index in [-0.39, 0.29) is 11.8 Å². The first-order chi connectivity index (χ1) is 9.70. The lowest BCUT2D eigenvalue weighted by Crippen LogP contribution is -2.57. The van der Waals surface area contributed by atoms with Gasteiger partial charge in [-0.05, 0) is 24.1 Å². The normalized spacial score (nSPS) is 26.9. The van der Waals surface area contributed by atoms with Crippen molar-refractivity contribution in [2.75, 3.05) is 32.8 Å². The van der Waals surface area contributed by atoms with E-state index in [0.717, 1.165) is 31.7 Å². The highest BCUT2D eigenvalue weighted by atomic mass is 19.1. The van der Waals surface area contributed by atoms with Gasteiger partial charge in [0.1, 0.15) is 5.82 Å². The third-order valence-electron chi connectivity index (χ3n) is 4.24. The zero-order chi connectivity index (χ0) is 14.1. The topological polar surface area (TPSA) is 28.9 Å². The number of morpholine rings is 1. The van der Waals surface area contributed by atoms with Crippen LogP contribution in [0, 0.1) is 19.3 Å². The lowest BCUT2D eigenvalue weighted by Gasteiger charge is -2.43. The third-order valence-corrected chi connectivity index (χ3v) is 4.24. The number of fused-ring (bicyclic) bond motifs is 1. The molecule has 4 nitrogen and oxygen atoms in total. The molecule has 3 rings (SSSR count). The minimum Gasteiger partial charge on any atom is -0.371 e. The summed E-state index contributed by atoms with van der Waals surface area (Å²) in [5.41, 5.74) is 1.77. The van der Waals surface area contributed by atoms with Gasteiger partial charge in [0, 0.05) is 32.2 Å². The van der Waals surface area contributed by atoms with E-state index < -0.39 is 5.82 Å². The van der Waals surface area contributed by atoms with E-state index in [9.17, 15) is 4.39 Å². The van der Waals surface area contributed by atoms with E-state index in [4.69, 9.17) is 11.3 Å². The van der Waals surface area contributed by atoms with E-state index in [1.165, 1.54) is 6.07 Å². The molecule has 0 unspecified atom stereocenters. The second-order valence-electron chi connectivity index (χ2n) is 5.40. The molecule has 2 aliphatic heterocycles. The molecule has 2 atom stereocenters. The Balaban J connectivity index is 1.85. The van der Waals surface area contributed by atoms with E-state index in [0.29, 0.717) is 18.2 Å². The average molecular weight is 275 g/mol. The fourth-order valence-corrected chi connectivity index (χ4v) is 3.06. The molecular formula is C15H18FN3O. The molecule has 2 saturated heterocycles. The van der Waals surface area contributed by atoms with E-state index in [1.54, 1.807) is 13.0 Å². The Labute approximate surface area is 118 Å². The van der Waals surface area contributed by atoms with Crippen LogP contribution >= 0.6 is 0 Å². The summed E-state index contributed by atoms with van der Waals surface area (Å²) in [6.45, 7) is 13.4. The Bertz CT molecular complexity index is 555. The zero-order valence-electron chi connectivity index (χ0n) is 11.5. The fourth-order valence-electron chi connectivity index (χ4n) is 3.06. The maximum Gasteiger partial charge on any atom is 0.225 e. The third kappa shape index (κ3) is 2.31. The van der Waals surface area contributed by atoms with Crippen molar-refractivity contribution in [3.8, 4) is 0 Å². The van der Waals surface area contributed by atoms with Crippen molar-refractivity contribution in [1.29, 1.82) is 0 Å². The fraction of sp³-hybridized carbons (Fsp3) is 0.533. The van der Waals surface area contributed by atoms with E-state index >= 15 is 0 Å². The van der Waals surface area contributed by atoms with Crippen molar-refractivity contribution in [2.45, 2.75) is 19.1 Å². The molecule has 0 aliphatic carbocycles. The SMILES string of the molecule is [C-]#[N+]c1c(F)ccc([C@@H]2CN3CCNC[C@@H]3CO2)c1C. The predicted octanol–water partition coefficient (Wildman–Crippen LogP) is 2.03. The summed E-state index contributed by atoms with van der Waals surface area (Å²) in [5.74, 6) is -0.447. The van der Waals surface area contributed by atoms with Crippen molar-refractivity contribution < 1.29 is 9.13 Å². The van der Waals surface area contributed by atoms with E-state index in [1.807, 2.05) is 0 Å². The molecule has 5 heteroatoms. The summed E-state index contributed by atoms with van der Waals surface area (Å²) in [4.78, 5) is 5.72. The molecular weight excluding hydrogens is 257 g/mol. The molecule has 2 heterocycles. The van der Waals surface area contributed by atoms with Gasteiger partial charge in [-0.3, -0.25) is 4.90 Å². The Kier molecular flexibility index (Phi) is 3.70. The van der Waals surface area contributed by atoms with Crippen LogP contribution < -0.4 is 5.32 Å². The molecule has 0 amide bonds. The number of benzene rings is 1. The molecule has 1 aromatic carbocycles. The summed E-state index contributed by atoms with van der Waals surface area (Å²) < 4.78 is 19.5. The molecule has 0 bridgehead atoms. The molecule has 106 valence electrons. The zero-order valence-corrected chi connectivity index (χ0v) is 11.5. The minimum absolute atomic E-state index is 0.0644. The van der Waals surface area contributed by atoms with Crippen molar-refractivity contribution in [3.63, 3.8) is 0 Å². The molecule has 0 spiro atoms. The van der Waals surface area contributed by atoms with Gasteiger partial charge in [0.05, 0.1) is 19.3 Å². The Morgan fingerprint density at radius 1 is 1.50 bits per heavy atom. The molecule has 0 saturated carbocycles. The number of piperazine rings is 1. The van der Waals surface area contributed by atoms with Crippen LogP contribution in [-0.4, -0.2) is 43.7 Å². The quantitative estimate of drug-likeness (QED) is 0.795. The number of hydrogen-bond acceptors (Lipinski definition) is 3. The second-order valence-corrected chi connectivity index (χ2v) is 5.40. The monoisotopic (exact) mass is 275 g/mol. The number of nitrogens with one attached hydrogen (secondary N) is 1. The Hall–Kier alpha value is -1.48. The summed E-state index contributed by atoms with van der Waals surface area (Å²) in [6.07, 6.45) is -0.0644. The van der Waals surface area contributed by atoms with Crippen molar-refractivity contribution in [3.05, 3.63) is 40.5 Å². The second kappa shape index (κ2) is 5.49. The first kappa shape index (κ1) is 13.5. The van der Waals surface area contributed by atoms with Gasteiger partial charge in [0.25, 0.3) is 0 Å². The number of halogens is 1. The van der Waals surface area contributed by atoms with Crippen LogP contribution in [0.5, 0.6) is 0 Å². The van der Waals surface area contributed by atoms with E-state index in [2.05, 4.69) is 15.1 Å². The summed E-state index contributed by atoms with van der Waals surface area (Å²) in [5, 5.41) is 3.36. The maximum absolute atomic E-state index is 13.6. The van der Waals surface area contributed by atoms with Gasteiger partial charge >= 0.3 is 0 Å². The highest BCUT2D eigenvalue weighted by Crippen LogP contribution is 2.33. The van der Waals surface area contributed by atoms with Gasteiger partial charge in [0.15, 0.2) is 0 Å². The van der Waals surface area contributed by atoms with Crippen LogP contribution in [0.15, 0.2) is 12.1 Å². The van der Waals surface area contributed by atoms with Crippen molar-refractivity contribution >= 4 is 5.69 Å². The maximum atomic E-state index is 13.6. The predicted molar refractivity (Wildman–Crippen MR) is 74.3 cm³/mol. The summed E-state index contributed by atoms with van der Waals surface area (Å²) in [6, 6.07) is 3.57. The highest BCUT2D eigenvalue weighted by Gasteiger charge is 2.32. The molecule has 1 N–H and O–H groups in total. The molecule has 0 radical (unpaired) electrons. The molecule has 2 fully saturated rings. The van der Waals surface area contributed by atoms with Crippen molar-refractivity contribution in [2.24, 2.45) is 0 Å². The van der Waals surface area contributed by atoms with Crippen LogP contribution in [0.25, 0.3) is 4.85 Å². The standard InChI is InChI=1S/C15H18FN3O/c1-10-12(3-4-13(16)15(10)17-2)14-8-19-6-5-18-7-11(19)9-20-14/h3-4,11,14,18H,5-9H2,1H3/t11-,14+/m1/s1. The van der Waals surface area contributed by atoms with Gasteiger partial charge in [-0.25, -0.2) is 9.24 Å². The van der Waals surface area contributed by atoms with Crippen LogP contribution in [0.2, 0.25) is 0 Å². The average Bonchev–Trinajstić information content (AvgIpc) is 2.47. The van der Waals surface area contributed by atoms with Crippen LogP contribution in [0.4, 0.5) is 10.1 Å². The Morgan fingerprint density at radius 2 is 2.35 bits per heavy atom. The number of rotatable bonds is 1. The minimum atomic E-state index is -0.447. The molecule has 1 aromatic rings. The number of ether oxygens (including phenoxy) is 1. The summed E-state index contributed by atoms with van der Waals surface area (Å²) >= 11 is 0. The van der Waals surface area contributed by atoms with Gasteiger partial charge in [-0.15, -0.1) is 0 Å². The van der Waals surface area contributed by atoms with Crippen LogP contribution in [0.1, 0.15) is 17.2 Å². The summed E-state index contributed by atoms with van der Waals surface area (Å²) in [7, 11) is 0. The van der Waals surface area contributed by atoms with Gasteiger partial charge < -0.3 is 10.1 Å². The number of nitrogens with zero attached hydrogens (tertiary/aromatic N) is 2. The first-order valence-electron chi connectivity index (χ1n) is 6.93. The first-order valence-corrected chi connectivity index (χ1v) is 6.93. The molecule has 20 heavy (non-hydrogen) atoms. The largest absolute Gasteiger partial charge is 0.371 e. The highest BCUT2D eigenvalue weighted by molar-refractivity contribution is 5.56.